The lowest BCUT2D eigenvalue weighted by atomic mass is 9.92. The molecule has 102 valence electrons. The summed E-state index contributed by atoms with van der Waals surface area (Å²) in [7, 11) is 0. The molecule has 2 aliphatic rings. The Morgan fingerprint density at radius 1 is 1.50 bits per heavy atom. The van der Waals surface area contributed by atoms with Gasteiger partial charge >= 0.3 is 6.03 Å². The zero-order chi connectivity index (χ0) is 13.1. The van der Waals surface area contributed by atoms with Crippen molar-refractivity contribution in [2.75, 3.05) is 32.7 Å². The van der Waals surface area contributed by atoms with Crippen molar-refractivity contribution in [3.63, 3.8) is 0 Å². The summed E-state index contributed by atoms with van der Waals surface area (Å²) in [5, 5.41) is 2.64. The van der Waals surface area contributed by atoms with E-state index in [1.165, 1.54) is 4.90 Å². The van der Waals surface area contributed by atoms with Crippen LogP contribution >= 0.6 is 0 Å². The number of likely N-dealkylation sites (tertiary alicyclic amines) is 1. The number of nitrogens with one attached hydrogen (secondary N) is 1. The number of hydrogen-bond donors (Lipinski definition) is 2. The summed E-state index contributed by atoms with van der Waals surface area (Å²) in [4.78, 5) is 26.9. The first-order chi connectivity index (χ1) is 8.61. The van der Waals surface area contributed by atoms with Gasteiger partial charge in [0.15, 0.2) is 0 Å². The zero-order valence-electron chi connectivity index (χ0n) is 10.9. The molecule has 18 heavy (non-hydrogen) atoms. The quantitative estimate of drug-likeness (QED) is 0.718. The van der Waals surface area contributed by atoms with E-state index in [9.17, 15) is 9.59 Å². The molecule has 6 heteroatoms. The van der Waals surface area contributed by atoms with Crippen molar-refractivity contribution in [2.45, 2.75) is 25.8 Å². The number of nitrogens with two attached hydrogens (primary N) is 1. The smallest absolute Gasteiger partial charge is 0.324 e. The van der Waals surface area contributed by atoms with Crippen molar-refractivity contribution in [1.82, 2.24) is 15.1 Å². The number of carbonyl (C=O) groups excluding carboxylic acids is 2. The third-order valence-corrected chi connectivity index (χ3v) is 3.87. The molecule has 2 atom stereocenters. The second-order valence-corrected chi connectivity index (χ2v) is 5.27. The number of amides is 3. The number of hydrogen-bond acceptors (Lipinski definition) is 4. The Labute approximate surface area is 107 Å². The fraction of sp³-hybridized carbons (Fsp3) is 0.833. The lowest BCUT2D eigenvalue weighted by molar-refractivity contribution is -0.129. The van der Waals surface area contributed by atoms with Crippen LogP contribution in [0.4, 0.5) is 4.79 Å². The highest BCUT2D eigenvalue weighted by molar-refractivity contribution is 5.96. The monoisotopic (exact) mass is 254 g/mol. The summed E-state index contributed by atoms with van der Waals surface area (Å²) in [6.45, 7) is 5.03. The maximum atomic E-state index is 12.0. The maximum Gasteiger partial charge on any atom is 0.324 e. The predicted octanol–water partition coefficient (Wildman–Crippen LogP) is -0.403. The van der Waals surface area contributed by atoms with Gasteiger partial charge in [-0.15, -0.1) is 0 Å². The van der Waals surface area contributed by atoms with Gasteiger partial charge in [0.1, 0.15) is 0 Å². The van der Waals surface area contributed by atoms with E-state index in [0.29, 0.717) is 32.1 Å². The lowest BCUT2D eigenvalue weighted by Gasteiger charge is -2.37. The van der Waals surface area contributed by atoms with Crippen LogP contribution in [0.15, 0.2) is 0 Å². The van der Waals surface area contributed by atoms with Crippen molar-refractivity contribution >= 4 is 11.9 Å². The Balaban J connectivity index is 1.91. The van der Waals surface area contributed by atoms with Crippen molar-refractivity contribution in [1.29, 1.82) is 0 Å². The molecule has 2 aliphatic heterocycles. The largest absolute Gasteiger partial charge is 0.336 e. The van der Waals surface area contributed by atoms with Crippen molar-refractivity contribution in [2.24, 2.45) is 11.7 Å². The highest BCUT2D eigenvalue weighted by atomic mass is 16.2. The van der Waals surface area contributed by atoms with Gasteiger partial charge in [-0.2, -0.15) is 0 Å². The first-order valence-electron chi connectivity index (χ1n) is 6.64. The second kappa shape index (κ2) is 5.67. The molecule has 2 saturated heterocycles. The van der Waals surface area contributed by atoms with Crippen molar-refractivity contribution in [3.05, 3.63) is 0 Å². The minimum absolute atomic E-state index is 0.113. The highest BCUT2D eigenvalue weighted by Crippen LogP contribution is 2.21. The van der Waals surface area contributed by atoms with E-state index >= 15 is 0 Å². The number of imide groups is 1. The van der Waals surface area contributed by atoms with E-state index in [0.717, 1.165) is 19.4 Å². The van der Waals surface area contributed by atoms with Crippen LogP contribution in [0.3, 0.4) is 0 Å². The summed E-state index contributed by atoms with van der Waals surface area (Å²) >= 11 is 0. The van der Waals surface area contributed by atoms with E-state index in [1.807, 2.05) is 0 Å². The minimum Gasteiger partial charge on any atom is -0.336 e. The molecule has 3 N–H and O–H groups in total. The molecule has 0 radical (unpaired) electrons. The lowest BCUT2D eigenvalue weighted by Crippen LogP contribution is -2.51. The summed E-state index contributed by atoms with van der Waals surface area (Å²) in [5.41, 5.74) is 5.77. The average molecular weight is 254 g/mol. The highest BCUT2D eigenvalue weighted by Gasteiger charge is 2.31. The Hall–Kier alpha value is -1.14. The molecule has 0 aliphatic carbocycles. The Morgan fingerprint density at radius 3 is 2.89 bits per heavy atom. The molecular formula is C12H22N4O2. The van der Waals surface area contributed by atoms with Gasteiger partial charge < -0.3 is 11.1 Å². The maximum absolute atomic E-state index is 12.0. The van der Waals surface area contributed by atoms with E-state index in [4.69, 9.17) is 5.73 Å². The van der Waals surface area contributed by atoms with Gasteiger partial charge in [0.05, 0.1) is 6.54 Å². The SMILES string of the molecule is CC1CCN(CC(=O)N2CCNC2=O)C(CN)C1. The van der Waals surface area contributed by atoms with Crippen LogP contribution in [0.25, 0.3) is 0 Å². The fourth-order valence-corrected chi connectivity index (χ4v) is 2.72. The molecule has 0 spiro atoms. The van der Waals surface area contributed by atoms with E-state index in [2.05, 4.69) is 17.1 Å². The molecule has 6 nitrogen and oxygen atoms in total. The first kappa shape index (κ1) is 13.3. The molecule has 0 bridgehead atoms. The number of urea groups is 1. The van der Waals surface area contributed by atoms with E-state index in [-0.39, 0.29) is 18.0 Å². The molecule has 2 unspecified atom stereocenters. The van der Waals surface area contributed by atoms with Gasteiger partial charge in [-0.05, 0) is 25.3 Å². The summed E-state index contributed by atoms with van der Waals surface area (Å²) < 4.78 is 0. The standard InChI is InChI=1S/C12H22N4O2/c1-9-2-4-15(10(6-9)7-13)8-11(17)16-5-3-14-12(16)18/h9-10H,2-8,13H2,1H3,(H,14,18). The third kappa shape index (κ3) is 2.81. The van der Waals surface area contributed by atoms with Gasteiger partial charge in [0, 0.05) is 25.7 Å². The summed E-state index contributed by atoms with van der Waals surface area (Å²) in [5.74, 6) is 0.554. The normalized spacial score (nSPS) is 29.4. The Kier molecular flexibility index (Phi) is 4.19. The van der Waals surface area contributed by atoms with Crippen LogP contribution in [0, 0.1) is 5.92 Å². The van der Waals surface area contributed by atoms with Crippen LogP contribution < -0.4 is 11.1 Å². The van der Waals surface area contributed by atoms with Crippen LogP contribution in [-0.4, -0.2) is 60.5 Å². The zero-order valence-corrected chi connectivity index (χ0v) is 10.9. The van der Waals surface area contributed by atoms with E-state index in [1.54, 1.807) is 0 Å². The minimum atomic E-state index is -0.269. The van der Waals surface area contributed by atoms with Crippen molar-refractivity contribution < 1.29 is 9.59 Å². The van der Waals surface area contributed by atoms with Gasteiger partial charge in [0.25, 0.3) is 0 Å². The molecule has 0 aromatic carbocycles. The molecule has 2 rings (SSSR count). The van der Waals surface area contributed by atoms with Crippen LogP contribution in [0.2, 0.25) is 0 Å². The number of piperidine rings is 1. The van der Waals surface area contributed by atoms with Crippen molar-refractivity contribution in [3.8, 4) is 0 Å². The van der Waals surface area contributed by atoms with E-state index < -0.39 is 0 Å². The van der Waals surface area contributed by atoms with Crippen LogP contribution in [0.5, 0.6) is 0 Å². The molecule has 0 aromatic heterocycles. The topological polar surface area (TPSA) is 78.7 Å². The molecule has 3 amide bonds. The molecule has 0 saturated carbocycles. The summed E-state index contributed by atoms with van der Waals surface area (Å²) in [6, 6.07) is -0.00181. The number of rotatable bonds is 3. The van der Waals surface area contributed by atoms with Gasteiger partial charge in [-0.3, -0.25) is 14.6 Å². The van der Waals surface area contributed by atoms with Gasteiger partial charge in [-0.1, -0.05) is 6.92 Å². The van der Waals surface area contributed by atoms with Crippen LogP contribution in [-0.2, 0) is 4.79 Å². The second-order valence-electron chi connectivity index (χ2n) is 5.27. The van der Waals surface area contributed by atoms with Gasteiger partial charge in [0.2, 0.25) is 5.91 Å². The number of carbonyl (C=O) groups is 2. The fourth-order valence-electron chi connectivity index (χ4n) is 2.72. The first-order valence-corrected chi connectivity index (χ1v) is 6.64. The molecule has 2 heterocycles. The Bertz CT molecular complexity index is 334. The van der Waals surface area contributed by atoms with Gasteiger partial charge in [-0.25, -0.2) is 4.79 Å². The average Bonchev–Trinajstić information content (AvgIpc) is 2.77. The third-order valence-electron chi connectivity index (χ3n) is 3.87. The molecule has 0 aromatic rings. The summed E-state index contributed by atoms with van der Waals surface area (Å²) in [6.07, 6.45) is 2.13. The predicted molar refractivity (Wildman–Crippen MR) is 67.9 cm³/mol. The Morgan fingerprint density at radius 2 is 2.28 bits per heavy atom. The van der Waals surface area contributed by atoms with Crippen LogP contribution in [0.1, 0.15) is 19.8 Å². The molecular weight excluding hydrogens is 232 g/mol. The molecule has 2 fully saturated rings. The number of nitrogens with zero attached hydrogens (tertiary/aromatic N) is 2.